The molecule has 19 heavy (non-hydrogen) atoms. The maximum atomic E-state index is 5.69. The molecular weight excluding hydrogens is 238 g/mol. The Kier molecular flexibility index (Phi) is 8.50. The van der Waals surface area contributed by atoms with E-state index in [1.807, 2.05) is 6.20 Å². The third-order valence-electron chi connectivity index (χ3n) is 3.05. The highest BCUT2D eigenvalue weighted by Gasteiger charge is 2.12. The van der Waals surface area contributed by atoms with Gasteiger partial charge in [-0.3, -0.25) is 0 Å². The van der Waals surface area contributed by atoms with E-state index in [0.29, 0.717) is 6.04 Å². The zero-order valence-electron chi connectivity index (χ0n) is 12.7. The van der Waals surface area contributed by atoms with E-state index in [2.05, 4.69) is 41.8 Å². The van der Waals surface area contributed by atoms with Crippen molar-refractivity contribution in [1.29, 1.82) is 0 Å². The van der Waals surface area contributed by atoms with E-state index in [1.54, 1.807) is 0 Å². The predicted molar refractivity (Wildman–Crippen MR) is 79.4 cm³/mol. The van der Waals surface area contributed by atoms with Crippen molar-refractivity contribution in [2.24, 2.45) is 0 Å². The van der Waals surface area contributed by atoms with Gasteiger partial charge in [-0.05, 0) is 25.8 Å². The fourth-order valence-electron chi connectivity index (χ4n) is 2.10. The second kappa shape index (κ2) is 9.98. The number of nitrogens with one attached hydrogen (secondary N) is 1. The summed E-state index contributed by atoms with van der Waals surface area (Å²) in [6, 6.07) is 0.365. The monoisotopic (exact) mass is 267 g/mol. The molecule has 0 aliphatic carbocycles. The Labute approximate surface area is 117 Å². The first-order valence-electron chi connectivity index (χ1n) is 7.62. The fraction of sp³-hybridized carbons (Fsp3) is 0.800. The van der Waals surface area contributed by atoms with Crippen molar-refractivity contribution in [3.05, 3.63) is 18.2 Å². The topological polar surface area (TPSA) is 39.1 Å². The summed E-state index contributed by atoms with van der Waals surface area (Å²) >= 11 is 0. The predicted octanol–water partition coefficient (Wildman–Crippen LogP) is 2.63. The van der Waals surface area contributed by atoms with Crippen LogP contribution in [0.4, 0.5) is 0 Å². The maximum absolute atomic E-state index is 5.69. The van der Waals surface area contributed by atoms with Crippen molar-refractivity contribution in [3.8, 4) is 0 Å². The second-order valence-electron chi connectivity index (χ2n) is 4.97. The summed E-state index contributed by atoms with van der Waals surface area (Å²) in [4.78, 5) is 4.48. The van der Waals surface area contributed by atoms with Gasteiger partial charge >= 0.3 is 0 Å². The van der Waals surface area contributed by atoms with E-state index >= 15 is 0 Å². The molecule has 1 unspecified atom stereocenters. The second-order valence-corrected chi connectivity index (χ2v) is 4.97. The molecule has 110 valence electrons. The molecule has 0 bridgehead atoms. The van der Waals surface area contributed by atoms with Crippen LogP contribution in [0.1, 0.15) is 45.9 Å². The maximum Gasteiger partial charge on any atom is 0.110 e. The summed E-state index contributed by atoms with van der Waals surface area (Å²) in [5.74, 6) is 1.16. The number of hydrogen-bond donors (Lipinski definition) is 1. The molecule has 0 aliphatic rings. The smallest absolute Gasteiger partial charge is 0.110 e. The number of rotatable bonds is 11. The van der Waals surface area contributed by atoms with Gasteiger partial charge in [0.15, 0.2) is 0 Å². The number of aryl methyl sites for hydroxylation is 1. The van der Waals surface area contributed by atoms with Crippen molar-refractivity contribution in [2.45, 2.75) is 59.0 Å². The first-order valence-corrected chi connectivity index (χ1v) is 7.62. The van der Waals surface area contributed by atoms with Crippen LogP contribution in [0, 0.1) is 0 Å². The van der Waals surface area contributed by atoms with Crippen LogP contribution in [-0.4, -0.2) is 35.4 Å². The van der Waals surface area contributed by atoms with E-state index < -0.39 is 0 Å². The Bertz CT molecular complexity index is 325. The van der Waals surface area contributed by atoms with Crippen LogP contribution in [0.3, 0.4) is 0 Å². The lowest BCUT2D eigenvalue weighted by atomic mass is 10.2. The largest absolute Gasteiger partial charge is 0.380 e. The molecule has 0 amide bonds. The van der Waals surface area contributed by atoms with Crippen LogP contribution < -0.4 is 5.32 Å². The third kappa shape index (κ3) is 6.21. The quantitative estimate of drug-likeness (QED) is 0.626. The van der Waals surface area contributed by atoms with E-state index in [1.165, 1.54) is 0 Å². The number of aromatic nitrogens is 2. The van der Waals surface area contributed by atoms with Gasteiger partial charge in [-0.15, -0.1) is 0 Å². The van der Waals surface area contributed by atoms with Crippen LogP contribution in [0.5, 0.6) is 0 Å². The first-order chi connectivity index (χ1) is 9.31. The Hall–Kier alpha value is -0.870. The highest BCUT2D eigenvalue weighted by molar-refractivity contribution is 4.95. The molecule has 4 heteroatoms. The van der Waals surface area contributed by atoms with Gasteiger partial charge in [-0.2, -0.15) is 0 Å². The number of imidazole rings is 1. The van der Waals surface area contributed by atoms with Gasteiger partial charge in [-0.1, -0.05) is 20.8 Å². The van der Waals surface area contributed by atoms with Crippen LogP contribution >= 0.6 is 0 Å². The normalized spacial score (nSPS) is 12.8. The van der Waals surface area contributed by atoms with Crippen LogP contribution in [-0.2, 0) is 17.7 Å². The molecule has 0 spiro atoms. The van der Waals surface area contributed by atoms with Crippen LogP contribution in [0.25, 0.3) is 0 Å². The molecule has 0 aliphatic heterocycles. The van der Waals surface area contributed by atoms with Gasteiger partial charge in [0.1, 0.15) is 5.82 Å². The van der Waals surface area contributed by atoms with Crippen molar-refractivity contribution in [2.75, 3.05) is 19.8 Å². The SMILES string of the molecule is CCCNC(COCCC)Cc1nccn1CCC. The fourth-order valence-corrected chi connectivity index (χ4v) is 2.10. The molecule has 0 fully saturated rings. The lowest BCUT2D eigenvalue weighted by Gasteiger charge is -2.19. The van der Waals surface area contributed by atoms with Crippen molar-refractivity contribution in [3.63, 3.8) is 0 Å². The molecule has 1 atom stereocenters. The Morgan fingerprint density at radius 2 is 2.11 bits per heavy atom. The Balaban J connectivity index is 2.51. The van der Waals surface area contributed by atoms with Crippen molar-refractivity contribution >= 4 is 0 Å². The van der Waals surface area contributed by atoms with Gasteiger partial charge in [0.25, 0.3) is 0 Å². The highest BCUT2D eigenvalue weighted by Crippen LogP contribution is 2.04. The molecule has 1 aromatic rings. The standard InChI is InChI=1S/C15H29N3O/c1-4-7-16-14(13-19-11-6-3)12-15-17-8-10-18(15)9-5-2/h8,10,14,16H,4-7,9,11-13H2,1-3H3. The highest BCUT2D eigenvalue weighted by atomic mass is 16.5. The molecule has 4 nitrogen and oxygen atoms in total. The summed E-state index contributed by atoms with van der Waals surface area (Å²) in [6.07, 6.45) is 8.27. The zero-order valence-corrected chi connectivity index (χ0v) is 12.7. The van der Waals surface area contributed by atoms with Crippen LogP contribution in [0.15, 0.2) is 12.4 Å². The summed E-state index contributed by atoms with van der Waals surface area (Å²) in [6.45, 7) is 10.2. The minimum Gasteiger partial charge on any atom is -0.380 e. The molecule has 1 heterocycles. The summed E-state index contributed by atoms with van der Waals surface area (Å²) < 4.78 is 7.94. The van der Waals surface area contributed by atoms with Crippen LogP contribution in [0.2, 0.25) is 0 Å². The van der Waals surface area contributed by atoms with Gasteiger partial charge in [0.2, 0.25) is 0 Å². The Morgan fingerprint density at radius 1 is 1.26 bits per heavy atom. The lowest BCUT2D eigenvalue weighted by molar-refractivity contribution is 0.111. The number of hydrogen-bond acceptors (Lipinski definition) is 3. The van der Waals surface area contributed by atoms with Gasteiger partial charge < -0.3 is 14.6 Å². The molecule has 0 saturated carbocycles. The first kappa shape index (κ1) is 16.2. The average Bonchev–Trinajstić information content (AvgIpc) is 2.84. The van der Waals surface area contributed by atoms with Crippen molar-refractivity contribution < 1.29 is 4.74 Å². The van der Waals surface area contributed by atoms with E-state index in [4.69, 9.17) is 4.74 Å². The average molecular weight is 267 g/mol. The summed E-state index contributed by atoms with van der Waals surface area (Å²) in [5.41, 5.74) is 0. The lowest BCUT2D eigenvalue weighted by Crippen LogP contribution is -2.37. The molecular formula is C15H29N3O. The Morgan fingerprint density at radius 3 is 2.79 bits per heavy atom. The number of nitrogens with zero attached hydrogens (tertiary/aromatic N) is 2. The molecule has 1 rings (SSSR count). The zero-order chi connectivity index (χ0) is 13.9. The summed E-state index contributed by atoms with van der Waals surface area (Å²) in [5, 5.41) is 3.56. The van der Waals surface area contributed by atoms with E-state index in [0.717, 1.165) is 57.8 Å². The molecule has 0 saturated heterocycles. The molecule has 1 aromatic heterocycles. The van der Waals surface area contributed by atoms with Gasteiger partial charge in [-0.25, -0.2) is 4.98 Å². The minimum absolute atomic E-state index is 0.365. The van der Waals surface area contributed by atoms with E-state index in [9.17, 15) is 0 Å². The molecule has 0 aromatic carbocycles. The van der Waals surface area contributed by atoms with Gasteiger partial charge in [0, 0.05) is 38.0 Å². The molecule has 1 N–H and O–H groups in total. The third-order valence-corrected chi connectivity index (χ3v) is 3.05. The number of ether oxygens (including phenoxy) is 1. The molecule has 0 radical (unpaired) electrons. The van der Waals surface area contributed by atoms with Crippen molar-refractivity contribution in [1.82, 2.24) is 14.9 Å². The summed E-state index contributed by atoms with van der Waals surface area (Å²) in [7, 11) is 0. The van der Waals surface area contributed by atoms with Gasteiger partial charge in [0.05, 0.1) is 6.61 Å². The van der Waals surface area contributed by atoms with E-state index in [-0.39, 0.29) is 0 Å². The minimum atomic E-state index is 0.365.